The van der Waals surface area contributed by atoms with Crippen molar-refractivity contribution in [3.05, 3.63) is 29.8 Å². The summed E-state index contributed by atoms with van der Waals surface area (Å²) in [5.74, 6) is 0.803. The first-order valence-corrected chi connectivity index (χ1v) is 6.47. The zero-order chi connectivity index (χ0) is 13.4. The third kappa shape index (κ3) is 2.14. The van der Waals surface area contributed by atoms with E-state index in [0.717, 1.165) is 11.3 Å². The molecule has 3 atom stereocenters. The smallest absolute Gasteiger partial charge is 0.410 e. The fourth-order valence-corrected chi connectivity index (χ4v) is 2.63. The van der Waals surface area contributed by atoms with Gasteiger partial charge in [-0.05, 0) is 24.6 Å². The second-order valence-corrected chi connectivity index (χ2v) is 4.71. The number of rotatable bonds is 3. The van der Waals surface area contributed by atoms with E-state index in [0.29, 0.717) is 13.2 Å². The zero-order valence-corrected chi connectivity index (χ0v) is 11.0. The van der Waals surface area contributed by atoms with Gasteiger partial charge in [-0.15, -0.1) is 0 Å². The molecule has 0 radical (unpaired) electrons. The van der Waals surface area contributed by atoms with E-state index in [1.807, 2.05) is 31.2 Å². The van der Waals surface area contributed by atoms with Gasteiger partial charge < -0.3 is 14.2 Å². The monoisotopic (exact) mass is 263 g/mol. The van der Waals surface area contributed by atoms with Crippen molar-refractivity contribution in [3.8, 4) is 5.75 Å². The van der Waals surface area contributed by atoms with Crippen LogP contribution in [0.15, 0.2) is 24.3 Å². The number of epoxide rings is 1. The summed E-state index contributed by atoms with van der Waals surface area (Å²) in [7, 11) is 1.63. The van der Waals surface area contributed by atoms with Crippen LogP contribution in [0, 0.1) is 0 Å². The Morgan fingerprint density at radius 1 is 1.42 bits per heavy atom. The van der Waals surface area contributed by atoms with E-state index in [2.05, 4.69) is 0 Å². The van der Waals surface area contributed by atoms with Gasteiger partial charge in [0.15, 0.2) is 0 Å². The molecule has 2 fully saturated rings. The van der Waals surface area contributed by atoms with E-state index in [4.69, 9.17) is 14.2 Å². The van der Waals surface area contributed by atoms with Gasteiger partial charge in [0.1, 0.15) is 18.0 Å². The first kappa shape index (κ1) is 12.3. The molecule has 0 saturated carbocycles. The standard InChI is InChI=1S/C14H17NO4/c1-3-18-14(16)15-8-11-13(19-11)12(15)9-4-6-10(17-2)7-5-9/h4-7,11-13H,3,8H2,1-2H3/t11-,12+,13-/m0/s1. The summed E-state index contributed by atoms with van der Waals surface area (Å²) in [6.45, 7) is 2.81. The lowest BCUT2D eigenvalue weighted by Gasteiger charge is -2.26. The Labute approximate surface area is 112 Å². The highest BCUT2D eigenvalue weighted by Crippen LogP contribution is 2.45. The number of likely N-dealkylation sites (tertiary alicyclic amines) is 1. The Balaban J connectivity index is 1.81. The van der Waals surface area contributed by atoms with Gasteiger partial charge in [0, 0.05) is 0 Å². The second kappa shape index (κ2) is 4.74. The number of hydrogen-bond acceptors (Lipinski definition) is 4. The van der Waals surface area contributed by atoms with Gasteiger partial charge in [-0.1, -0.05) is 12.1 Å². The van der Waals surface area contributed by atoms with E-state index in [-0.39, 0.29) is 24.3 Å². The van der Waals surface area contributed by atoms with Crippen LogP contribution in [0.5, 0.6) is 5.75 Å². The molecule has 2 aliphatic rings. The van der Waals surface area contributed by atoms with Crippen LogP contribution in [-0.2, 0) is 9.47 Å². The number of fused-ring (bicyclic) bond motifs is 1. The molecule has 1 aromatic rings. The molecule has 102 valence electrons. The van der Waals surface area contributed by atoms with Crippen molar-refractivity contribution in [2.75, 3.05) is 20.3 Å². The molecule has 2 aliphatic heterocycles. The minimum atomic E-state index is -0.265. The second-order valence-electron chi connectivity index (χ2n) is 4.71. The molecular formula is C14H17NO4. The van der Waals surface area contributed by atoms with Crippen LogP contribution >= 0.6 is 0 Å². The lowest BCUT2D eigenvalue weighted by Crippen LogP contribution is -2.35. The van der Waals surface area contributed by atoms with Crippen molar-refractivity contribution >= 4 is 6.09 Å². The molecular weight excluding hydrogens is 246 g/mol. The molecule has 5 nitrogen and oxygen atoms in total. The Morgan fingerprint density at radius 2 is 2.16 bits per heavy atom. The molecule has 0 unspecified atom stereocenters. The minimum absolute atomic E-state index is 0.0463. The van der Waals surface area contributed by atoms with E-state index in [1.165, 1.54) is 0 Å². The highest BCUT2D eigenvalue weighted by atomic mass is 16.6. The fourth-order valence-electron chi connectivity index (χ4n) is 2.63. The summed E-state index contributed by atoms with van der Waals surface area (Å²) in [5, 5.41) is 0. The molecule has 0 bridgehead atoms. The summed E-state index contributed by atoms with van der Waals surface area (Å²) in [4.78, 5) is 13.7. The predicted octanol–water partition coefficient (Wildman–Crippen LogP) is 1.98. The lowest BCUT2D eigenvalue weighted by molar-refractivity contribution is 0.0786. The third-order valence-electron chi connectivity index (χ3n) is 3.61. The summed E-state index contributed by atoms with van der Waals surface area (Å²) in [6.07, 6.45) is 0.00780. The molecule has 19 heavy (non-hydrogen) atoms. The molecule has 5 heteroatoms. The number of benzene rings is 1. The topological polar surface area (TPSA) is 51.3 Å². The van der Waals surface area contributed by atoms with Gasteiger partial charge >= 0.3 is 6.09 Å². The summed E-state index contributed by atoms with van der Waals surface area (Å²) >= 11 is 0. The minimum Gasteiger partial charge on any atom is -0.497 e. The maximum Gasteiger partial charge on any atom is 0.410 e. The Bertz CT molecular complexity index is 473. The number of nitrogens with zero attached hydrogens (tertiary/aromatic N) is 1. The van der Waals surface area contributed by atoms with Gasteiger partial charge in [0.05, 0.1) is 26.3 Å². The number of ether oxygens (including phenoxy) is 3. The SMILES string of the molecule is CCOC(=O)N1C[C@@H]2O[C@@H]2[C@H]1c1ccc(OC)cc1. The highest BCUT2D eigenvalue weighted by Gasteiger charge is 2.57. The molecule has 0 aromatic heterocycles. The maximum atomic E-state index is 11.9. The van der Waals surface area contributed by atoms with E-state index in [9.17, 15) is 4.79 Å². The Kier molecular flexibility index (Phi) is 3.06. The van der Waals surface area contributed by atoms with Crippen molar-refractivity contribution < 1.29 is 19.0 Å². The molecule has 2 saturated heterocycles. The quantitative estimate of drug-likeness (QED) is 0.782. The average Bonchev–Trinajstić information content (AvgIpc) is 3.10. The number of methoxy groups -OCH3 is 1. The van der Waals surface area contributed by atoms with Gasteiger partial charge in [-0.3, -0.25) is 4.90 Å². The first-order chi connectivity index (χ1) is 9.24. The number of carbonyl (C=O) groups excluding carboxylic acids is 1. The third-order valence-corrected chi connectivity index (χ3v) is 3.61. The van der Waals surface area contributed by atoms with Crippen LogP contribution in [0.1, 0.15) is 18.5 Å². The lowest BCUT2D eigenvalue weighted by atomic mass is 10.0. The van der Waals surface area contributed by atoms with E-state index >= 15 is 0 Å². The van der Waals surface area contributed by atoms with Gasteiger partial charge in [0.2, 0.25) is 0 Å². The largest absolute Gasteiger partial charge is 0.497 e. The van der Waals surface area contributed by atoms with Crippen molar-refractivity contribution in [2.45, 2.75) is 25.2 Å². The van der Waals surface area contributed by atoms with Gasteiger partial charge in [-0.25, -0.2) is 4.79 Å². The van der Waals surface area contributed by atoms with Crippen LogP contribution in [0.2, 0.25) is 0 Å². The summed E-state index contributed by atoms with van der Waals surface area (Å²) in [6, 6.07) is 7.69. The number of morpholine rings is 1. The summed E-state index contributed by atoms with van der Waals surface area (Å²) < 4.78 is 15.8. The number of hydrogen-bond donors (Lipinski definition) is 0. The normalized spacial score (nSPS) is 27.9. The van der Waals surface area contributed by atoms with E-state index < -0.39 is 0 Å². The van der Waals surface area contributed by atoms with Gasteiger partial charge in [-0.2, -0.15) is 0 Å². The zero-order valence-electron chi connectivity index (χ0n) is 11.0. The molecule has 2 heterocycles. The van der Waals surface area contributed by atoms with Crippen LogP contribution < -0.4 is 4.74 Å². The van der Waals surface area contributed by atoms with Crippen LogP contribution in [-0.4, -0.2) is 43.5 Å². The molecule has 0 N–H and O–H groups in total. The molecule has 3 rings (SSSR count). The van der Waals surface area contributed by atoms with Crippen molar-refractivity contribution in [2.24, 2.45) is 0 Å². The first-order valence-electron chi connectivity index (χ1n) is 6.47. The average molecular weight is 263 g/mol. The molecule has 0 spiro atoms. The Hall–Kier alpha value is -1.75. The van der Waals surface area contributed by atoms with Crippen molar-refractivity contribution in [1.29, 1.82) is 0 Å². The van der Waals surface area contributed by atoms with Gasteiger partial charge in [0.25, 0.3) is 0 Å². The highest BCUT2D eigenvalue weighted by molar-refractivity contribution is 5.69. The van der Waals surface area contributed by atoms with Crippen LogP contribution in [0.4, 0.5) is 4.79 Å². The summed E-state index contributed by atoms with van der Waals surface area (Å²) in [5.41, 5.74) is 1.05. The maximum absolute atomic E-state index is 11.9. The number of carbonyl (C=O) groups is 1. The molecule has 1 amide bonds. The fraction of sp³-hybridized carbons (Fsp3) is 0.500. The Morgan fingerprint density at radius 3 is 2.79 bits per heavy atom. The molecule has 0 aliphatic carbocycles. The van der Waals surface area contributed by atoms with Crippen LogP contribution in [0.3, 0.4) is 0 Å². The molecule has 1 aromatic carbocycles. The van der Waals surface area contributed by atoms with Crippen molar-refractivity contribution in [1.82, 2.24) is 4.90 Å². The predicted molar refractivity (Wildman–Crippen MR) is 68.1 cm³/mol. The number of amides is 1. The van der Waals surface area contributed by atoms with Crippen molar-refractivity contribution in [3.63, 3.8) is 0 Å². The van der Waals surface area contributed by atoms with E-state index in [1.54, 1.807) is 12.0 Å². The van der Waals surface area contributed by atoms with Crippen LogP contribution in [0.25, 0.3) is 0 Å².